The second-order valence-corrected chi connectivity index (χ2v) is 7.83. The van der Waals surface area contributed by atoms with Crippen LogP contribution >= 0.6 is 0 Å². The summed E-state index contributed by atoms with van der Waals surface area (Å²) in [5.74, 6) is 0. The van der Waals surface area contributed by atoms with Crippen molar-refractivity contribution in [3.05, 3.63) is 0 Å². The first kappa shape index (κ1) is 16.9. The molecule has 0 saturated carbocycles. The normalized spacial score (nSPS) is 20.8. The quantitative estimate of drug-likeness (QED) is 0.799. The van der Waals surface area contributed by atoms with Gasteiger partial charge < -0.3 is 16.2 Å². The Labute approximate surface area is 107 Å². The number of hydrogen-bond donors (Lipinski definition) is 2. The minimum absolute atomic E-state index is 0.0136. The van der Waals surface area contributed by atoms with Crippen LogP contribution in [0.2, 0.25) is 0 Å². The smallest absolute Gasteiger partial charge is 0.0649 e. The zero-order valence-corrected chi connectivity index (χ0v) is 13.0. The summed E-state index contributed by atoms with van der Waals surface area (Å²) in [5, 5.41) is 0. The molecule has 0 fully saturated rings. The van der Waals surface area contributed by atoms with Gasteiger partial charge in [0, 0.05) is 11.1 Å². The molecule has 0 aromatic carbocycles. The van der Waals surface area contributed by atoms with Gasteiger partial charge in [0.05, 0.1) is 13.2 Å². The van der Waals surface area contributed by atoms with Gasteiger partial charge in [0.2, 0.25) is 0 Å². The topological polar surface area (TPSA) is 61.3 Å². The Morgan fingerprint density at radius 1 is 0.647 bits per heavy atom. The average Bonchev–Trinajstić information content (AvgIpc) is 1.98. The van der Waals surface area contributed by atoms with Gasteiger partial charge in [-0.15, -0.1) is 0 Å². The fraction of sp³-hybridized carbons (Fsp3) is 1.00. The van der Waals surface area contributed by atoms with Crippen LogP contribution < -0.4 is 11.5 Å². The summed E-state index contributed by atoms with van der Waals surface area (Å²) in [4.78, 5) is 0. The summed E-state index contributed by atoms with van der Waals surface area (Å²) >= 11 is 0. The molecule has 3 heteroatoms. The van der Waals surface area contributed by atoms with Crippen LogP contribution in [0.1, 0.15) is 55.4 Å². The molecule has 0 saturated heterocycles. The van der Waals surface area contributed by atoms with Crippen molar-refractivity contribution in [2.75, 3.05) is 13.2 Å². The minimum Gasteiger partial charge on any atom is -0.378 e. The van der Waals surface area contributed by atoms with Gasteiger partial charge >= 0.3 is 0 Å². The van der Waals surface area contributed by atoms with E-state index in [2.05, 4.69) is 41.5 Å². The first-order valence-electron chi connectivity index (χ1n) is 6.36. The van der Waals surface area contributed by atoms with E-state index in [0.29, 0.717) is 13.2 Å². The lowest BCUT2D eigenvalue weighted by atomic mass is 9.75. The molecule has 0 amide bonds. The van der Waals surface area contributed by atoms with Crippen LogP contribution in [0.15, 0.2) is 0 Å². The monoisotopic (exact) mass is 244 g/mol. The summed E-state index contributed by atoms with van der Waals surface area (Å²) in [6, 6.07) is 0. The van der Waals surface area contributed by atoms with Gasteiger partial charge in [-0.2, -0.15) is 0 Å². The molecule has 104 valence electrons. The fourth-order valence-corrected chi connectivity index (χ4v) is 0.908. The van der Waals surface area contributed by atoms with Crippen LogP contribution in [-0.4, -0.2) is 24.3 Å². The van der Waals surface area contributed by atoms with Crippen LogP contribution in [0.5, 0.6) is 0 Å². The third-order valence-corrected chi connectivity index (χ3v) is 4.23. The molecule has 0 radical (unpaired) electrons. The second-order valence-electron chi connectivity index (χ2n) is 7.83. The largest absolute Gasteiger partial charge is 0.378 e. The predicted octanol–water partition coefficient (Wildman–Crippen LogP) is 2.53. The van der Waals surface area contributed by atoms with E-state index in [9.17, 15) is 0 Å². The molecule has 0 heterocycles. The molecular formula is C14H32N2O. The standard InChI is InChI=1S/C14H32N2O/c1-11(2,3)13(7,15)9-17-10-14(8,16)12(4,5)6/h9-10,15-16H2,1-8H3. The van der Waals surface area contributed by atoms with Crippen LogP contribution in [0.25, 0.3) is 0 Å². The molecule has 0 bridgehead atoms. The Morgan fingerprint density at radius 2 is 0.882 bits per heavy atom. The van der Waals surface area contributed by atoms with E-state index in [-0.39, 0.29) is 21.9 Å². The molecule has 0 aliphatic heterocycles. The molecule has 2 atom stereocenters. The molecule has 0 aliphatic rings. The van der Waals surface area contributed by atoms with Gasteiger partial charge in [-0.3, -0.25) is 0 Å². The van der Waals surface area contributed by atoms with E-state index in [1.165, 1.54) is 0 Å². The first-order valence-corrected chi connectivity index (χ1v) is 6.36. The van der Waals surface area contributed by atoms with Gasteiger partial charge in [0.1, 0.15) is 0 Å². The van der Waals surface area contributed by atoms with Gasteiger partial charge in [0.25, 0.3) is 0 Å². The Morgan fingerprint density at radius 3 is 1.06 bits per heavy atom. The fourth-order valence-electron chi connectivity index (χ4n) is 0.908. The average molecular weight is 244 g/mol. The molecule has 0 aromatic rings. The van der Waals surface area contributed by atoms with E-state index in [1.54, 1.807) is 0 Å². The number of nitrogens with two attached hydrogens (primary N) is 2. The van der Waals surface area contributed by atoms with Crippen molar-refractivity contribution >= 4 is 0 Å². The highest BCUT2D eigenvalue weighted by Gasteiger charge is 2.37. The lowest BCUT2D eigenvalue weighted by Crippen LogP contribution is -2.56. The summed E-state index contributed by atoms with van der Waals surface area (Å²) in [6.45, 7) is 17.9. The molecule has 0 aliphatic carbocycles. The SMILES string of the molecule is CC(C)(C)C(C)(N)COCC(C)(N)C(C)(C)C. The molecule has 0 spiro atoms. The van der Waals surface area contributed by atoms with Gasteiger partial charge in [-0.05, 0) is 24.7 Å². The first-order chi connectivity index (χ1) is 7.21. The van der Waals surface area contributed by atoms with Crippen molar-refractivity contribution in [2.24, 2.45) is 22.3 Å². The van der Waals surface area contributed by atoms with E-state index in [0.717, 1.165) is 0 Å². The number of hydrogen-bond acceptors (Lipinski definition) is 3. The number of rotatable bonds is 4. The maximum atomic E-state index is 6.27. The Hall–Kier alpha value is -0.120. The van der Waals surface area contributed by atoms with E-state index in [4.69, 9.17) is 16.2 Å². The summed E-state index contributed by atoms with van der Waals surface area (Å²) in [7, 11) is 0. The Bertz CT molecular complexity index is 218. The molecular weight excluding hydrogens is 212 g/mol. The van der Waals surface area contributed by atoms with Crippen LogP contribution in [0, 0.1) is 10.8 Å². The molecule has 3 nitrogen and oxygen atoms in total. The molecule has 17 heavy (non-hydrogen) atoms. The zero-order chi connectivity index (χ0) is 14.1. The third kappa shape index (κ3) is 4.57. The maximum absolute atomic E-state index is 6.27. The highest BCUT2D eigenvalue weighted by Crippen LogP contribution is 2.30. The van der Waals surface area contributed by atoms with Crippen molar-refractivity contribution in [1.29, 1.82) is 0 Å². The third-order valence-electron chi connectivity index (χ3n) is 4.23. The van der Waals surface area contributed by atoms with Crippen molar-refractivity contribution in [2.45, 2.75) is 66.5 Å². The van der Waals surface area contributed by atoms with Gasteiger partial charge in [-0.1, -0.05) is 41.5 Å². The lowest BCUT2D eigenvalue weighted by molar-refractivity contribution is -0.00252. The Balaban J connectivity index is 4.36. The highest BCUT2D eigenvalue weighted by atomic mass is 16.5. The van der Waals surface area contributed by atoms with Crippen LogP contribution in [-0.2, 0) is 4.74 Å². The molecule has 0 rings (SSSR count). The van der Waals surface area contributed by atoms with Crippen molar-refractivity contribution in [1.82, 2.24) is 0 Å². The van der Waals surface area contributed by atoms with Crippen molar-refractivity contribution in [3.8, 4) is 0 Å². The van der Waals surface area contributed by atoms with Crippen LogP contribution in [0.3, 0.4) is 0 Å². The highest BCUT2D eigenvalue weighted by molar-refractivity contribution is 4.93. The predicted molar refractivity (Wildman–Crippen MR) is 74.9 cm³/mol. The summed E-state index contributed by atoms with van der Waals surface area (Å²) < 4.78 is 5.77. The molecule has 4 N–H and O–H groups in total. The lowest BCUT2D eigenvalue weighted by Gasteiger charge is -2.41. The van der Waals surface area contributed by atoms with Crippen LogP contribution in [0.4, 0.5) is 0 Å². The van der Waals surface area contributed by atoms with E-state index >= 15 is 0 Å². The van der Waals surface area contributed by atoms with Gasteiger partial charge in [0.15, 0.2) is 0 Å². The molecule has 0 aromatic heterocycles. The molecule has 2 unspecified atom stereocenters. The minimum atomic E-state index is -0.346. The maximum Gasteiger partial charge on any atom is 0.0649 e. The summed E-state index contributed by atoms with van der Waals surface area (Å²) in [5.41, 5.74) is 11.9. The van der Waals surface area contributed by atoms with Gasteiger partial charge in [-0.25, -0.2) is 0 Å². The van der Waals surface area contributed by atoms with Crippen molar-refractivity contribution < 1.29 is 4.74 Å². The zero-order valence-electron chi connectivity index (χ0n) is 13.0. The van der Waals surface area contributed by atoms with E-state index < -0.39 is 0 Å². The van der Waals surface area contributed by atoms with E-state index in [1.807, 2.05) is 13.8 Å². The van der Waals surface area contributed by atoms with Crippen molar-refractivity contribution in [3.63, 3.8) is 0 Å². The number of ether oxygens (including phenoxy) is 1. The second kappa shape index (κ2) is 4.87. The Kier molecular flexibility index (Phi) is 4.83. The summed E-state index contributed by atoms with van der Waals surface area (Å²) in [6.07, 6.45) is 0.